The summed E-state index contributed by atoms with van der Waals surface area (Å²) in [4.78, 5) is 30.3. The van der Waals surface area contributed by atoms with E-state index in [4.69, 9.17) is 4.42 Å². The lowest BCUT2D eigenvalue weighted by Crippen LogP contribution is -2.24. The van der Waals surface area contributed by atoms with Crippen LogP contribution in [0.1, 0.15) is 24.1 Å². The number of aromatic nitrogens is 6. The minimum Gasteiger partial charge on any atom is -0.493 e. The fourth-order valence-corrected chi connectivity index (χ4v) is 3.68. The Labute approximate surface area is 191 Å². The first-order valence-electron chi connectivity index (χ1n) is 10.8. The first-order chi connectivity index (χ1) is 16.6. The van der Waals surface area contributed by atoms with Crippen LogP contribution in [0.5, 0.6) is 5.88 Å². The summed E-state index contributed by atoms with van der Waals surface area (Å²) >= 11 is 0. The van der Waals surface area contributed by atoms with Crippen molar-refractivity contribution in [3.8, 4) is 17.2 Å². The Morgan fingerprint density at radius 3 is 2.85 bits per heavy atom. The topological polar surface area (TPSA) is 149 Å². The lowest BCUT2D eigenvalue weighted by Gasteiger charge is -2.09. The van der Waals surface area contributed by atoms with Crippen molar-refractivity contribution < 1.29 is 9.52 Å². The van der Waals surface area contributed by atoms with Crippen molar-refractivity contribution in [3.05, 3.63) is 81.4 Å². The summed E-state index contributed by atoms with van der Waals surface area (Å²) in [5.41, 5.74) is 2.68. The molecular formula is C23H20N8O3. The van der Waals surface area contributed by atoms with Crippen molar-refractivity contribution in [2.24, 2.45) is 4.99 Å². The highest BCUT2D eigenvalue weighted by Crippen LogP contribution is 2.24. The molecule has 6 rings (SSSR count). The maximum Gasteiger partial charge on any atom is 0.326 e. The van der Waals surface area contributed by atoms with Gasteiger partial charge in [-0.15, -0.1) is 0 Å². The van der Waals surface area contributed by atoms with Crippen molar-refractivity contribution in [2.45, 2.75) is 25.4 Å². The van der Waals surface area contributed by atoms with Gasteiger partial charge >= 0.3 is 5.69 Å². The molecule has 1 aliphatic carbocycles. The average Bonchev–Trinajstić information content (AvgIpc) is 3.20. The third-order valence-corrected chi connectivity index (χ3v) is 5.50. The summed E-state index contributed by atoms with van der Waals surface area (Å²) in [6.45, 7) is 0.467. The van der Waals surface area contributed by atoms with Crippen LogP contribution in [0.3, 0.4) is 0 Å². The van der Waals surface area contributed by atoms with E-state index < -0.39 is 5.69 Å². The molecule has 11 nitrogen and oxygen atoms in total. The molecule has 1 aliphatic rings. The zero-order valence-electron chi connectivity index (χ0n) is 17.9. The predicted molar refractivity (Wildman–Crippen MR) is 123 cm³/mol. The Kier molecular flexibility index (Phi) is 4.72. The molecule has 0 saturated heterocycles. The Hall–Kier alpha value is -4.67. The van der Waals surface area contributed by atoms with Crippen LogP contribution >= 0.6 is 0 Å². The second-order valence-corrected chi connectivity index (χ2v) is 8.02. The molecule has 170 valence electrons. The second kappa shape index (κ2) is 8.03. The van der Waals surface area contributed by atoms with E-state index in [1.807, 2.05) is 36.4 Å². The molecule has 0 unspecified atom stereocenters. The number of nitrogens with one attached hydrogen (secondary N) is 3. The lowest BCUT2D eigenvalue weighted by molar-refractivity contribution is 0.454. The molecule has 4 aromatic heterocycles. The van der Waals surface area contributed by atoms with Crippen LogP contribution in [-0.2, 0) is 6.54 Å². The van der Waals surface area contributed by atoms with Crippen molar-refractivity contribution in [1.82, 2.24) is 29.5 Å². The smallest absolute Gasteiger partial charge is 0.326 e. The molecule has 0 atom stereocenters. The maximum absolute atomic E-state index is 11.5. The van der Waals surface area contributed by atoms with E-state index in [1.165, 1.54) is 0 Å². The summed E-state index contributed by atoms with van der Waals surface area (Å²) in [5.74, 6) is 0.920. The summed E-state index contributed by atoms with van der Waals surface area (Å²) in [6, 6.07) is 12.0. The third-order valence-electron chi connectivity index (χ3n) is 5.50. The largest absolute Gasteiger partial charge is 0.493 e. The van der Waals surface area contributed by atoms with Gasteiger partial charge in [0.1, 0.15) is 11.5 Å². The van der Waals surface area contributed by atoms with Crippen LogP contribution in [-0.4, -0.2) is 40.7 Å². The van der Waals surface area contributed by atoms with Gasteiger partial charge in [-0.25, -0.2) is 9.79 Å². The van der Waals surface area contributed by atoms with Gasteiger partial charge in [-0.2, -0.15) is 19.6 Å². The molecule has 4 N–H and O–H groups in total. The quantitative estimate of drug-likeness (QED) is 0.301. The number of H-pyrrole nitrogens is 2. The highest BCUT2D eigenvalue weighted by Gasteiger charge is 2.21. The Balaban J connectivity index is 1.41. The molecule has 34 heavy (non-hydrogen) atoms. The molecule has 1 saturated carbocycles. The Bertz CT molecular complexity index is 1660. The normalized spacial score (nSPS) is 14.8. The van der Waals surface area contributed by atoms with Crippen LogP contribution in [0.4, 0.5) is 5.95 Å². The van der Waals surface area contributed by atoms with E-state index in [0.717, 1.165) is 29.7 Å². The first kappa shape index (κ1) is 20.0. The number of benzene rings is 1. The molecule has 11 heteroatoms. The van der Waals surface area contributed by atoms with Crippen LogP contribution in [0, 0.1) is 0 Å². The molecule has 1 aromatic carbocycles. The van der Waals surface area contributed by atoms with E-state index in [2.05, 4.69) is 35.3 Å². The highest BCUT2D eigenvalue weighted by molar-refractivity contribution is 5.62. The molecule has 0 aliphatic heterocycles. The maximum atomic E-state index is 11.5. The van der Waals surface area contributed by atoms with Gasteiger partial charge in [-0.3, -0.25) is 4.98 Å². The van der Waals surface area contributed by atoms with E-state index in [9.17, 15) is 9.90 Å². The van der Waals surface area contributed by atoms with Gasteiger partial charge in [0.05, 0.1) is 18.5 Å². The van der Waals surface area contributed by atoms with Crippen molar-refractivity contribution in [2.75, 3.05) is 5.32 Å². The van der Waals surface area contributed by atoms with Crippen LogP contribution in [0.2, 0.25) is 0 Å². The van der Waals surface area contributed by atoms with Crippen molar-refractivity contribution >= 4 is 17.7 Å². The highest BCUT2D eigenvalue weighted by atomic mass is 16.3. The number of fused-ring (bicyclic) bond motifs is 1. The third kappa shape index (κ3) is 3.83. The molecule has 0 bridgehead atoms. The lowest BCUT2D eigenvalue weighted by atomic mass is 10.1. The monoisotopic (exact) mass is 456 g/mol. The number of hydrogen-bond acceptors (Lipinski definition) is 8. The van der Waals surface area contributed by atoms with E-state index in [1.54, 1.807) is 23.1 Å². The fourth-order valence-electron chi connectivity index (χ4n) is 3.68. The van der Waals surface area contributed by atoms with Crippen LogP contribution < -0.4 is 21.8 Å². The van der Waals surface area contributed by atoms with Crippen molar-refractivity contribution in [3.63, 3.8) is 0 Å². The average molecular weight is 456 g/mol. The van der Waals surface area contributed by atoms with E-state index >= 15 is 0 Å². The number of aromatic hydroxyl groups is 1. The number of hydrogen-bond donors (Lipinski definition) is 4. The minimum atomic E-state index is -0.503. The Morgan fingerprint density at radius 1 is 1.21 bits per heavy atom. The zero-order valence-corrected chi connectivity index (χ0v) is 17.9. The predicted octanol–water partition coefficient (Wildman–Crippen LogP) is 1.33. The molecular weight excluding hydrogens is 436 g/mol. The molecule has 1 fully saturated rings. The standard InChI is InChI=1S/C23H20N8O3/c32-20-17(27-23(33)29-20)10-14-12-25-31-19(14)28-21(30-22(31)26-15-7-8-15)24-11-13-4-1-2-5-16(13)18-6-3-9-34-18/h1-6,9-10,12,15,32H,7-8,11H2,(H,24,26,30)(H2,27,29,33). The van der Waals surface area contributed by atoms with Gasteiger partial charge in [0, 0.05) is 17.3 Å². The van der Waals surface area contributed by atoms with E-state index in [-0.39, 0.29) is 17.6 Å². The molecule has 0 amide bonds. The second-order valence-electron chi connectivity index (χ2n) is 8.02. The number of anilines is 1. The van der Waals surface area contributed by atoms with Crippen LogP contribution in [0.15, 0.2) is 63.1 Å². The summed E-state index contributed by atoms with van der Waals surface area (Å²) in [6.07, 6.45) is 6.87. The fraction of sp³-hybridized carbons (Fsp3) is 0.174. The Morgan fingerprint density at radius 2 is 2.09 bits per heavy atom. The number of aromatic amines is 2. The number of imidazole rings is 1. The first-order valence-corrected chi connectivity index (χ1v) is 10.8. The van der Waals surface area contributed by atoms with Gasteiger partial charge in [0.25, 0.3) is 5.62 Å². The van der Waals surface area contributed by atoms with E-state index in [0.29, 0.717) is 29.0 Å². The summed E-state index contributed by atoms with van der Waals surface area (Å²) in [7, 11) is 0. The number of rotatable bonds is 6. The molecule has 5 aromatic rings. The molecule has 0 radical (unpaired) electrons. The van der Waals surface area contributed by atoms with Gasteiger partial charge in [-0.05, 0) is 36.6 Å². The summed E-state index contributed by atoms with van der Waals surface area (Å²) < 4.78 is 7.14. The van der Waals surface area contributed by atoms with Crippen LogP contribution in [0.25, 0.3) is 23.0 Å². The van der Waals surface area contributed by atoms with Gasteiger partial charge in [0.2, 0.25) is 11.8 Å². The van der Waals surface area contributed by atoms with Gasteiger partial charge < -0.3 is 19.8 Å². The molecule has 0 spiro atoms. The number of nitrogens with zero attached hydrogens (tertiary/aromatic N) is 5. The summed E-state index contributed by atoms with van der Waals surface area (Å²) in [5, 5.41) is 18.2. The van der Waals surface area contributed by atoms with Gasteiger partial charge in [0.15, 0.2) is 5.65 Å². The number of furan rings is 1. The van der Waals surface area contributed by atoms with Gasteiger partial charge in [-0.1, -0.05) is 24.3 Å². The SMILES string of the molecule is O=c1[nH]c(O)c(C=c2cnn3c(=NC4CC4)nc(NCc4ccccc4-c4ccco4)nc23)[nH]1. The van der Waals surface area contributed by atoms with Crippen molar-refractivity contribution in [1.29, 1.82) is 0 Å². The zero-order chi connectivity index (χ0) is 23.1. The molecule has 4 heterocycles. The minimum absolute atomic E-state index is 0.229.